The Kier molecular flexibility index (Phi) is 6.96. The molecule has 0 heterocycles. The third-order valence-electron chi connectivity index (χ3n) is 5.04. The van der Waals surface area contributed by atoms with Gasteiger partial charge in [-0.1, -0.05) is 12.1 Å². The lowest BCUT2D eigenvalue weighted by molar-refractivity contribution is 0.0936. The van der Waals surface area contributed by atoms with Crippen molar-refractivity contribution < 1.29 is 23.5 Å². The summed E-state index contributed by atoms with van der Waals surface area (Å²) in [4.78, 5) is 25.8. The summed E-state index contributed by atoms with van der Waals surface area (Å²) in [6.45, 7) is 0. The number of rotatable bonds is 9. The minimum absolute atomic E-state index is 0.0743. The second-order valence-corrected chi connectivity index (χ2v) is 6.89. The van der Waals surface area contributed by atoms with Crippen LogP contribution in [-0.2, 0) is 0 Å². The van der Waals surface area contributed by atoms with Gasteiger partial charge in [0.05, 0.1) is 14.2 Å². The number of benzene rings is 3. The lowest BCUT2D eigenvalue weighted by Gasteiger charge is -2.17. The van der Waals surface area contributed by atoms with E-state index in [0.29, 0.717) is 29.0 Å². The molecule has 4 nitrogen and oxygen atoms in total. The zero-order chi connectivity index (χ0) is 21.5. The second-order valence-electron chi connectivity index (χ2n) is 6.89. The predicted molar refractivity (Wildman–Crippen MR) is 113 cm³/mol. The Bertz CT molecular complexity index is 993. The van der Waals surface area contributed by atoms with Crippen molar-refractivity contribution in [3.8, 4) is 11.5 Å². The molecule has 0 radical (unpaired) electrons. The Balaban J connectivity index is 1.83. The number of methoxy groups -OCH3 is 2. The topological polar surface area (TPSA) is 52.6 Å². The molecule has 3 rings (SSSR count). The second kappa shape index (κ2) is 9.83. The van der Waals surface area contributed by atoms with E-state index >= 15 is 0 Å². The molecule has 0 amide bonds. The van der Waals surface area contributed by atoms with Crippen molar-refractivity contribution >= 4 is 11.6 Å². The van der Waals surface area contributed by atoms with Crippen LogP contribution in [0.5, 0.6) is 11.5 Å². The fourth-order valence-corrected chi connectivity index (χ4v) is 3.30. The largest absolute Gasteiger partial charge is 0.497 e. The first kappa shape index (κ1) is 21.2. The Morgan fingerprint density at radius 1 is 0.767 bits per heavy atom. The third kappa shape index (κ3) is 5.11. The molecule has 3 aromatic carbocycles. The van der Waals surface area contributed by atoms with E-state index in [1.54, 1.807) is 50.6 Å². The van der Waals surface area contributed by atoms with Gasteiger partial charge in [0.2, 0.25) is 0 Å². The highest BCUT2D eigenvalue weighted by molar-refractivity contribution is 6.02. The van der Waals surface area contributed by atoms with Gasteiger partial charge in [0.15, 0.2) is 11.6 Å². The fourth-order valence-electron chi connectivity index (χ4n) is 3.30. The van der Waals surface area contributed by atoms with Crippen LogP contribution in [0.3, 0.4) is 0 Å². The summed E-state index contributed by atoms with van der Waals surface area (Å²) in [5.41, 5.74) is 1.79. The van der Waals surface area contributed by atoms with Crippen LogP contribution in [-0.4, -0.2) is 25.8 Å². The molecule has 154 valence electrons. The standard InChI is InChI=1S/C25H23FO4/c1-29-21-11-5-17(6-12-21)23(25(28)19-7-13-22(30-2)14-8-19)15-16-24(27)18-3-9-20(26)10-4-18/h3-14,23H,15-16H2,1-2H3. The van der Waals surface area contributed by atoms with E-state index in [-0.39, 0.29) is 18.0 Å². The predicted octanol–water partition coefficient (Wildman–Crippen LogP) is 5.47. The Morgan fingerprint density at radius 2 is 1.27 bits per heavy atom. The van der Waals surface area contributed by atoms with Crippen molar-refractivity contribution in [1.82, 2.24) is 0 Å². The first-order valence-corrected chi connectivity index (χ1v) is 9.63. The van der Waals surface area contributed by atoms with E-state index in [9.17, 15) is 14.0 Å². The van der Waals surface area contributed by atoms with Gasteiger partial charge in [-0.25, -0.2) is 4.39 Å². The maximum Gasteiger partial charge on any atom is 0.170 e. The Labute approximate surface area is 175 Å². The number of carbonyl (C=O) groups excluding carboxylic acids is 2. The minimum atomic E-state index is -0.492. The number of halogens is 1. The molecule has 0 fully saturated rings. The molecule has 30 heavy (non-hydrogen) atoms. The maximum atomic E-state index is 13.3. The fraction of sp³-hybridized carbons (Fsp3) is 0.200. The zero-order valence-electron chi connectivity index (χ0n) is 16.9. The minimum Gasteiger partial charge on any atom is -0.497 e. The first-order valence-electron chi connectivity index (χ1n) is 9.63. The summed E-state index contributed by atoms with van der Waals surface area (Å²) in [5.74, 6) is 0.271. The lowest BCUT2D eigenvalue weighted by atomic mass is 9.86. The first-order chi connectivity index (χ1) is 14.5. The van der Waals surface area contributed by atoms with Gasteiger partial charge in [-0.3, -0.25) is 9.59 Å². The Hall–Kier alpha value is -3.47. The van der Waals surface area contributed by atoms with Crippen molar-refractivity contribution in [1.29, 1.82) is 0 Å². The van der Waals surface area contributed by atoms with Crippen molar-refractivity contribution in [2.45, 2.75) is 18.8 Å². The van der Waals surface area contributed by atoms with E-state index in [2.05, 4.69) is 0 Å². The summed E-state index contributed by atoms with van der Waals surface area (Å²) < 4.78 is 23.5. The molecule has 0 saturated heterocycles. The summed E-state index contributed by atoms with van der Waals surface area (Å²) in [6, 6.07) is 19.6. The Morgan fingerprint density at radius 3 is 1.80 bits per heavy atom. The zero-order valence-corrected chi connectivity index (χ0v) is 16.9. The highest BCUT2D eigenvalue weighted by Gasteiger charge is 2.23. The summed E-state index contributed by atoms with van der Waals surface area (Å²) in [6.07, 6.45) is 0.512. The number of hydrogen-bond donors (Lipinski definition) is 0. The summed E-state index contributed by atoms with van der Waals surface area (Å²) in [7, 11) is 3.15. The third-order valence-corrected chi connectivity index (χ3v) is 5.04. The maximum absolute atomic E-state index is 13.3. The lowest BCUT2D eigenvalue weighted by Crippen LogP contribution is -2.15. The number of ether oxygens (including phenoxy) is 2. The van der Waals surface area contributed by atoms with E-state index < -0.39 is 11.7 Å². The number of carbonyl (C=O) groups is 2. The monoisotopic (exact) mass is 406 g/mol. The highest BCUT2D eigenvalue weighted by Crippen LogP contribution is 2.29. The van der Waals surface area contributed by atoms with Crippen LogP contribution in [0.25, 0.3) is 0 Å². The average Bonchev–Trinajstić information content (AvgIpc) is 2.79. The average molecular weight is 406 g/mol. The van der Waals surface area contributed by atoms with Crippen LogP contribution in [0.1, 0.15) is 45.0 Å². The molecule has 0 N–H and O–H groups in total. The van der Waals surface area contributed by atoms with Gasteiger partial charge in [-0.2, -0.15) is 0 Å². The van der Waals surface area contributed by atoms with Gasteiger partial charge in [0.1, 0.15) is 17.3 Å². The van der Waals surface area contributed by atoms with Gasteiger partial charge >= 0.3 is 0 Å². The van der Waals surface area contributed by atoms with Gasteiger partial charge in [-0.05, 0) is 72.6 Å². The van der Waals surface area contributed by atoms with E-state index in [4.69, 9.17) is 9.47 Å². The smallest absolute Gasteiger partial charge is 0.170 e. The molecule has 3 aromatic rings. The van der Waals surface area contributed by atoms with Crippen molar-refractivity contribution in [2.75, 3.05) is 14.2 Å². The van der Waals surface area contributed by atoms with Crippen LogP contribution in [0.2, 0.25) is 0 Å². The number of hydrogen-bond acceptors (Lipinski definition) is 4. The molecule has 0 bridgehead atoms. The van der Waals surface area contributed by atoms with Crippen LogP contribution >= 0.6 is 0 Å². The van der Waals surface area contributed by atoms with Crippen LogP contribution < -0.4 is 9.47 Å². The van der Waals surface area contributed by atoms with Crippen molar-refractivity contribution in [3.63, 3.8) is 0 Å². The van der Waals surface area contributed by atoms with Gasteiger partial charge in [-0.15, -0.1) is 0 Å². The molecule has 5 heteroatoms. The normalized spacial score (nSPS) is 11.6. The van der Waals surface area contributed by atoms with Crippen molar-refractivity contribution in [3.05, 3.63) is 95.3 Å². The van der Waals surface area contributed by atoms with Gasteiger partial charge in [0.25, 0.3) is 0 Å². The molecular formula is C25H23FO4. The summed E-state index contributed by atoms with van der Waals surface area (Å²) >= 11 is 0. The quantitative estimate of drug-likeness (QED) is 0.442. The molecule has 1 unspecified atom stereocenters. The van der Waals surface area contributed by atoms with Crippen molar-refractivity contribution in [2.24, 2.45) is 0 Å². The van der Waals surface area contributed by atoms with Crippen LogP contribution in [0.15, 0.2) is 72.8 Å². The van der Waals surface area contributed by atoms with Crippen LogP contribution in [0.4, 0.5) is 4.39 Å². The highest BCUT2D eigenvalue weighted by atomic mass is 19.1. The SMILES string of the molecule is COc1ccc(C(=O)C(CCC(=O)c2ccc(F)cc2)c2ccc(OC)cc2)cc1. The van der Waals surface area contributed by atoms with E-state index in [0.717, 1.165) is 5.56 Å². The van der Waals surface area contributed by atoms with E-state index in [1.165, 1.54) is 24.3 Å². The molecule has 0 spiro atoms. The number of Topliss-reactive ketones (excluding diaryl/α,β-unsaturated/α-hetero) is 2. The molecule has 0 aliphatic carbocycles. The molecule has 0 aliphatic rings. The molecule has 0 aliphatic heterocycles. The summed E-state index contributed by atoms with van der Waals surface area (Å²) in [5, 5.41) is 0. The number of ketones is 2. The van der Waals surface area contributed by atoms with Gasteiger partial charge in [0, 0.05) is 23.5 Å². The molecule has 1 atom stereocenters. The molecular weight excluding hydrogens is 383 g/mol. The van der Waals surface area contributed by atoms with E-state index in [1.807, 2.05) is 12.1 Å². The molecule has 0 saturated carbocycles. The van der Waals surface area contributed by atoms with Gasteiger partial charge < -0.3 is 9.47 Å². The van der Waals surface area contributed by atoms with Crippen LogP contribution in [0, 0.1) is 5.82 Å². The molecule has 0 aromatic heterocycles.